The van der Waals surface area contributed by atoms with Crippen LogP contribution < -0.4 is 20.7 Å². The second kappa shape index (κ2) is 11.3. The smallest absolute Gasteiger partial charge is 0.255 e. The topological polar surface area (TPSA) is 110 Å². The van der Waals surface area contributed by atoms with Crippen LogP contribution in [0.5, 0.6) is 5.75 Å². The molecule has 1 atom stereocenters. The molecule has 0 radical (unpaired) electrons. The molecule has 9 heteroatoms. The minimum absolute atomic E-state index is 0.155. The molecule has 5 aromatic rings. The summed E-state index contributed by atoms with van der Waals surface area (Å²) >= 11 is 0. The first-order valence-electron chi connectivity index (χ1n) is 12.9. The summed E-state index contributed by atoms with van der Waals surface area (Å²) in [4.78, 5) is 30.5. The van der Waals surface area contributed by atoms with Gasteiger partial charge in [-0.25, -0.2) is 9.50 Å². The van der Waals surface area contributed by atoms with E-state index < -0.39 is 0 Å². The molecule has 0 saturated heterocycles. The van der Waals surface area contributed by atoms with Crippen molar-refractivity contribution >= 4 is 34.5 Å². The van der Waals surface area contributed by atoms with Gasteiger partial charge in [-0.3, -0.25) is 9.59 Å². The van der Waals surface area contributed by atoms with Crippen molar-refractivity contribution in [2.75, 3.05) is 17.7 Å². The first-order chi connectivity index (χ1) is 19.3. The summed E-state index contributed by atoms with van der Waals surface area (Å²) in [5.74, 6) is 0.712. The van der Waals surface area contributed by atoms with Gasteiger partial charge < -0.3 is 20.7 Å². The third-order valence-electron chi connectivity index (χ3n) is 6.80. The minimum Gasteiger partial charge on any atom is -0.497 e. The highest BCUT2D eigenvalue weighted by Crippen LogP contribution is 2.29. The number of fused-ring (bicyclic) bond motifs is 1. The molecule has 0 aliphatic heterocycles. The maximum atomic E-state index is 13.2. The fraction of sp³-hybridized carbons (Fsp3) is 0.161. The van der Waals surface area contributed by atoms with Crippen LogP contribution in [0.4, 0.5) is 17.2 Å². The largest absolute Gasteiger partial charge is 0.497 e. The van der Waals surface area contributed by atoms with E-state index in [4.69, 9.17) is 4.74 Å². The first kappa shape index (κ1) is 26.4. The normalized spacial score (nSPS) is 11.6. The Morgan fingerprint density at radius 2 is 1.75 bits per heavy atom. The number of rotatable bonds is 8. The number of ether oxygens (including phenoxy) is 1. The molecule has 3 aromatic carbocycles. The van der Waals surface area contributed by atoms with Gasteiger partial charge in [-0.05, 0) is 67.8 Å². The Morgan fingerprint density at radius 1 is 0.950 bits per heavy atom. The highest BCUT2D eigenvalue weighted by Gasteiger charge is 2.20. The Kier molecular flexibility index (Phi) is 7.46. The second-order valence-corrected chi connectivity index (χ2v) is 9.52. The van der Waals surface area contributed by atoms with Gasteiger partial charge in [0.2, 0.25) is 0 Å². The van der Waals surface area contributed by atoms with Crippen molar-refractivity contribution in [3.63, 3.8) is 0 Å². The number of methoxy groups -OCH3 is 1. The number of hydrogen-bond donors (Lipinski definition) is 3. The lowest BCUT2D eigenvalue weighted by atomic mass is 10.1. The van der Waals surface area contributed by atoms with Crippen LogP contribution in [0, 0.1) is 13.8 Å². The maximum Gasteiger partial charge on any atom is 0.255 e. The molecule has 3 N–H and O–H groups in total. The molecular formula is C31H30N6O3. The van der Waals surface area contributed by atoms with Crippen LogP contribution in [0.1, 0.15) is 50.4 Å². The number of benzene rings is 3. The average Bonchev–Trinajstić information content (AvgIpc) is 3.32. The molecule has 0 fully saturated rings. The monoisotopic (exact) mass is 534 g/mol. The predicted octanol–water partition coefficient (Wildman–Crippen LogP) is 5.84. The van der Waals surface area contributed by atoms with Crippen LogP contribution >= 0.6 is 0 Å². The van der Waals surface area contributed by atoms with E-state index >= 15 is 0 Å². The molecule has 9 nitrogen and oxygen atoms in total. The Labute approximate surface area is 232 Å². The van der Waals surface area contributed by atoms with Gasteiger partial charge in [0.25, 0.3) is 11.8 Å². The van der Waals surface area contributed by atoms with E-state index in [9.17, 15) is 9.59 Å². The zero-order valence-corrected chi connectivity index (χ0v) is 22.7. The summed E-state index contributed by atoms with van der Waals surface area (Å²) in [6, 6.07) is 22.2. The number of amides is 2. The van der Waals surface area contributed by atoms with E-state index in [0.717, 1.165) is 22.4 Å². The summed E-state index contributed by atoms with van der Waals surface area (Å²) < 4.78 is 6.88. The zero-order valence-electron chi connectivity index (χ0n) is 22.7. The van der Waals surface area contributed by atoms with Crippen LogP contribution in [0.2, 0.25) is 0 Å². The molecule has 40 heavy (non-hydrogen) atoms. The molecule has 0 aliphatic rings. The molecule has 5 rings (SSSR count). The van der Waals surface area contributed by atoms with Crippen molar-refractivity contribution in [3.05, 3.63) is 113 Å². The van der Waals surface area contributed by atoms with E-state index in [1.807, 2.05) is 69.3 Å². The highest BCUT2D eigenvalue weighted by atomic mass is 16.5. The summed E-state index contributed by atoms with van der Waals surface area (Å²) in [5, 5.41) is 13.7. The van der Waals surface area contributed by atoms with Crippen molar-refractivity contribution in [3.8, 4) is 5.75 Å². The number of anilines is 3. The van der Waals surface area contributed by atoms with E-state index in [-0.39, 0.29) is 17.9 Å². The first-order valence-corrected chi connectivity index (χ1v) is 12.9. The number of aromatic nitrogens is 3. The summed E-state index contributed by atoms with van der Waals surface area (Å²) in [6.07, 6.45) is 3.15. The number of nitrogens with one attached hydrogen (secondary N) is 3. The van der Waals surface area contributed by atoms with E-state index in [1.54, 1.807) is 42.1 Å². The van der Waals surface area contributed by atoms with Gasteiger partial charge in [0.1, 0.15) is 17.6 Å². The molecule has 0 saturated carbocycles. The van der Waals surface area contributed by atoms with Crippen LogP contribution in [0.3, 0.4) is 0 Å². The van der Waals surface area contributed by atoms with Gasteiger partial charge >= 0.3 is 0 Å². The number of carbonyl (C=O) groups excluding carboxylic acids is 2. The molecule has 0 bridgehead atoms. The maximum absolute atomic E-state index is 13.2. The Morgan fingerprint density at radius 3 is 2.52 bits per heavy atom. The van der Waals surface area contributed by atoms with E-state index in [2.05, 4.69) is 26.0 Å². The van der Waals surface area contributed by atoms with Crippen molar-refractivity contribution in [1.29, 1.82) is 0 Å². The SMILES string of the molecule is COc1cccc(C(=O)Nc2ccc(C)c(Nc3ncnn4cc(C(=O)N[C@@H](C)c5ccccc5)c(C)c34)c2)c1. The molecule has 2 heterocycles. The lowest BCUT2D eigenvalue weighted by Gasteiger charge is -2.14. The minimum atomic E-state index is -0.249. The van der Waals surface area contributed by atoms with E-state index in [0.29, 0.717) is 33.9 Å². The number of carbonyl (C=O) groups is 2. The Bertz CT molecular complexity index is 1700. The van der Waals surface area contributed by atoms with Gasteiger partial charge in [0.15, 0.2) is 5.82 Å². The van der Waals surface area contributed by atoms with Crippen LogP contribution in [-0.2, 0) is 0 Å². The quantitative estimate of drug-likeness (QED) is 0.231. The number of hydrogen-bond acceptors (Lipinski definition) is 6. The molecule has 0 spiro atoms. The lowest BCUT2D eigenvalue weighted by molar-refractivity contribution is 0.0938. The van der Waals surface area contributed by atoms with Crippen LogP contribution in [0.15, 0.2) is 85.3 Å². The fourth-order valence-electron chi connectivity index (χ4n) is 4.51. The summed E-state index contributed by atoms with van der Waals surface area (Å²) in [5.41, 5.74) is 5.79. The summed E-state index contributed by atoms with van der Waals surface area (Å²) in [6.45, 7) is 5.79. The third-order valence-corrected chi connectivity index (χ3v) is 6.80. The van der Waals surface area contributed by atoms with Crippen molar-refractivity contribution < 1.29 is 14.3 Å². The highest BCUT2D eigenvalue weighted by molar-refractivity contribution is 6.05. The molecule has 0 unspecified atom stereocenters. The molecule has 2 amide bonds. The number of nitrogens with zero attached hydrogens (tertiary/aromatic N) is 3. The van der Waals surface area contributed by atoms with Gasteiger partial charge in [-0.15, -0.1) is 0 Å². The zero-order chi connectivity index (χ0) is 28.2. The second-order valence-electron chi connectivity index (χ2n) is 9.52. The summed E-state index contributed by atoms with van der Waals surface area (Å²) in [7, 11) is 1.56. The number of aryl methyl sites for hydroxylation is 2. The van der Waals surface area contributed by atoms with E-state index in [1.165, 1.54) is 6.33 Å². The van der Waals surface area contributed by atoms with Crippen molar-refractivity contribution in [1.82, 2.24) is 19.9 Å². The molecular weight excluding hydrogens is 504 g/mol. The van der Waals surface area contributed by atoms with Gasteiger partial charge in [-0.2, -0.15) is 5.10 Å². The molecule has 0 aliphatic carbocycles. The Balaban J connectivity index is 1.39. The van der Waals surface area contributed by atoms with Crippen LogP contribution in [-0.4, -0.2) is 33.5 Å². The average molecular weight is 535 g/mol. The lowest BCUT2D eigenvalue weighted by Crippen LogP contribution is -2.26. The standard InChI is InChI=1S/C31H30N6O3/c1-19-13-14-24(35-30(38)23-11-8-12-25(15-23)40-4)16-27(19)36-29-28-20(2)26(17-37(28)33-18-32-29)31(39)34-21(3)22-9-6-5-7-10-22/h5-18,21H,1-4H3,(H,34,39)(H,35,38)(H,32,33,36)/t21-/m0/s1. The predicted molar refractivity (Wildman–Crippen MR) is 155 cm³/mol. The van der Waals surface area contributed by atoms with Gasteiger partial charge in [0, 0.05) is 23.1 Å². The van der Waals surface area contributed by atoms with Gasteiger partial charge in [0.05, 0.1) is 18.7 Å². The van der Waals surface area contributed by atoms with Gasteiger partial charge in [-0.1, -0.05) is 42.5 Å². The Hall–Kier alpha value is -5.18. The fourth-order valence-corrected chi connectivity index (χ4v) is 4.51. The third kappa shape index (κ3) is 5.49. The van der Waals surface area contributed by atoms with Crippen LogP contribution in [0.25, 0.3) is 5.52 Å². The van der Waals surface area contributed by atoms with Crippen molar-refractivity contribution in [2.24, 2.45) is 0 Å². The molecule has 202 valence electrons. The molecule has 2 aromatic heterocycles. The van der Waals surface area contributed by atoms with Crippen molar-refractivity contribution in [2.45, 2.75) is 26.8 Å².